The summed E-state index contributed by atoms with van der Waals surface area (Å²) >= 11 is 0. The van der Waals surface area contributed by atoms with Crippen molar-refractivity contribution in [1.29, 1.82) is 0 Å². The number of rotatable bonds is 5. The predicted molar refractivity (Wildman–Crippen MR) is 58.1 cm³/mol. The molecule has 0 radical (unpaired) electrons. The van der Waals surface area contributed by atoms with E-state index < -0.39 is 0 Å². The molecule has 1 saturated carbocycles. The first kappa shape index (κ1) is 11.5. The smallest absolute Gasteiger partial charge is 0.234 e. The summed E-state index contributed by atoms with van der Waals surface area (Å²) in [6, 6.07) is 0.862. The van der Waals surface area contributed by atoms with Crippen molar-refractivity contribution in [3.8, 4) is 0 Å². The second-order valence-corrected chi connectivity index (χ2v) is 4.61. The van der Waals surface area contributed by atoms with Crippen LogP contribution in [0.25, 0.3) is 0 Å². The highest BCUT2D eigenvalue weighted by Gasteiger charge is 2.18. The monoisotopic (exact) mass is 198 g/mol. The van der Waals surface area contributed by atoms with Gasteiger partial charge in [0.1, 0.15) is 0 Å². The molecule has 0 aromatic rings. The quantitative estimate of drug-likeness (QED) is 0.699. The highest BCUT2D eigenvalue weighted by atomic mass is 16.1. The van der Waals surface area contributed by atoms with E-state index in [4.69, 9.17) is 0 Å². The fourth-order valence-electron chi connectivity index (χ4n) is 1.32. The third-order valence-corrected chi connectivity index (χ3v) is 3.05. The second-order valence-electron chi connectivity index (χ2n) is 4.61. The number of hydrogen-bond acceptors (Lipinski definition) is 2. The Labute approximate surface area is 86.6 Å². The summed E-state index contributed by atoms with van der Waals surface area (Å²) in [4.78, 5) is 11.4. The molecule has 1 aliphatic rings. The molecule has 0 aliphatic heterocycles. The average Bonchev–Trinajstić information content (AvgIpc) is 2.00. The second kappa shape index (κ2) is 5.35. The first-order valence-electron chi connectivity index (χ1n) is 5.62. The van der Waals surface area contributed by atoms with E-state index in [-0.39, 0.29) is 11.9 Å². The third-order valence-electron chi connectivity index (χ3n) is 3.05. The Morgan fingerprint density at radius 2 is 2.00 bits per heavy atom. The van der Waals surface area contributed by atoms with E-state index in [1.54, 1.807) is 0 Å². The van der Waals surface area contributed by atoms with Gasteiger partial charge < -0.3 is 10.6 Å². The molecular formula is C11H22N2O. The average molecular weight is 198 g/mol. The minimum absolute atomic E-state index is 0.123. The SMILES string of the molecule is CC(C)C(C)NC(=O)CNC1CCC1. The van der Waals surface area contributed by atoms with E-state index in [1.165, 1.54) is 19.3 Å². The van der Waals surface area contributed by atoms with E-state index >= 15 is 0 Å². The highest BCUT2D eigenvalue weighted by molar-refractivity contribution is 5.78. The van der Waals surface area contributed by atoms with Crippen molar-refractivity contribution in [2.24, 2.45) is 5.92 Å². The Bertz CT molecular complexity index is 188. The molecule has 0 heterocycles. The van der Waals surface area contributed by atoms with Crippen LogP contribution in [0.5, 0.6) is 0 Å². The van der Waals surface area contributed by atoms with Crippen LogP contribution in [0.1, 0.15) is 40.0 Å². The number of nitrogens with one attached hydrogen (secondary N) is 2. The van der Waals surface area contributed by atoms with Gasteiger partial charge in [0.25, 0.3) is 0 Å². The molecular weight excluding hydrogens is 176 g/mol. The van der Waals surface area contributed by atoms with Crippen LogP contribution < -0.4 is 10.6 Å². The lowest BCUT2D eigenvalue weighted by atomic mass is 9.93. The van der Waals surface area contributed by atoms with E-state index in [2.05, 4.69) is 24.5 Å². The summed E-state index contributed by atoms with van der Waals surface area (Å²) in [6.45, 7) is 6.75. The van der Waals surface area contributed by atoms with Crippen LogP contribution in [0.2, 0.25) is 0 Å². The first-order chi connectivity index (χ1) is 6.59. The molecule has 0 spiro atoms. The Morgan fingerprint density at radius 1 is 1.36 bits per heavy atom. The first-order valence-corrected chi connectivity index (χ1v) is 5.62. The van der Waals surface area contributed by atoms with Gasteiger partial charge in [0.2, 0.25) is 5.91 Å². The summed E-state index contributed by atoms with van der Waals surface area (Å²) in [7, 11) is 0. The number of carbonyl (C=O) groups is 1. The zero-order valence-corrected chi connectivity index (χ0v) is 9.47. The maximum absolute atomic E-state index is 11.4. The largest absolute Gasteiger partial charge is 0.352 e. The molecule has 1 rings (SSSR count). The summed E-state index contributed by atoms with van der Waals surface area (Å²) in [6.07, 6.45) is 3.77. The fraction of sp³-hybridized carbons (Fsp3) is 0.909. The van der Waals surface area contributed by atoms with Crippen molar-refractivity contribution >= 4 is 5.91 Å². The zero-order valence-electron chi connectivity index (χ0n) is 9.47. The van der Waals surface area contributed by atoms with Gasteiger partial charge in [-0.15, -0.1) is 0 Å². The van der Waals surface area contributed by atoms with Crippen LogP contribution in [-0.4, -0.2) is 24.5 Å². The predicted octanol–water partition coefficient (Wildman–Crippen LogP) is 1.29. The van der Waals surface area contributed by atoms with Crippen molar-refractivity contribution in [2.45, 2.75) is 52.1 Å². The normalized spacial score (nSPS) is 19.1. The van der Waals surface area contributed by atoms with E-state index in [0.29, 0.717) is 18.5 Å². The molecule has 0 bridgehead atoms. The molecule has 82 valence electrons. The van der Waals surface area contributed by atoms with Crippen LogP contribution in [0, 0.1) is 5.92 Å². The molecule has 1 atom stereocenters. The maximum atomic E-state index is 11.4. The molecule has 1 fully saturated rings. The summed E-state index contributed by atoms with van der Waals surface area (Å²) in [5, 5.41) is 6.23. The summed E-state index contributed by atoms with van der Waals surface area (Å²) in [5.41, 5.74) is 0. The lowest BCUT2D eigenvalue weighted by Gasteiger charge is -2.26. The topological polar surface area (TPSA) is 41.1 Å². The third kappa shape index (κ3) is 3.66. The van der Waals surface area contributed by atoms with Gasteiger partial charge in [-0.3, -0.25) is 4.79 Å². The van der Waals surface area contributed by atoms with Gasteiger partial charge in [0.15, 0.2) is 0 Å². The zero-order chi connectivity index (χ0) is 10.6. The molecule has 1 unspecified atom stereocenters. The van der Waals surface area contributed by atoms with Gasteiger partial charge in [-0.1, -0.05) is 20.3 Å². The minimum Gasteiger partial charge on any atom is -0.352 e. The standard InChI is InChI=1S/C11H22N2O/c1-8(2)9(3)13-11(14)7-12-10-5-4-6-10/h8-10,12H,4-7H2,1-3H3,(H,13,14). The Hall–Kier alpha value is -0.570. The van der Waals surface area contributed by atoms with Crippen molar-refractivity contribution in [2.75, 3.05) is 6.54 Å². The molecule has 14 heavy (non-hydrogen) atoms. The van der Waals surface area contributed by atoms with Gasteiger partial charge in [0, 0.05) is 12.1 Å². The van der Waals surface area contributed by atoms with Gasteiger partial charge in [-0.05, 0) is 25.7 Å². The number of amides is 1. The highest BCUT2D eigenvalue weighted by Crippen LogP contribution is 2.17. The fourth-order valence-corrected chi connectivity index (χ4v) is 1.32. The van der Waals surface area contributed by atoms with Crippen LogP contribution in [-0.2, 0) is 4.79 Å². The lowest BCUT2D eigenvalue weighted by Crippen LogP contribution is -2.45. The number of hydrogen-bond donors (Lipinski definition) is 2. The number of carbonyl (C=O) groups excluding carboxylic acids is 1. The van der Waals surface area contributed by atoms with Gasteiger partial charge in [0.05, 0.1) is 6.54 Å². The van der Waals surface area contributed by atoms with Crippen molar-refractivity contribution in [3.63, 3.8) is 0 Å². The summed E-state index contributed by atoms with van der Waals surface area (Å²) in [5.74, 6) is 0.626. The van der Waals surface area contributed by atoms with Crippen LogP contribution in [0.3, 0.4) is 0 Å². The van der Waals surface area contributed by atoms with Crippen molar-refractivity contribution < 1.29 is 4.79 Å². The van der Waals surface area contributed by atoms with Gasteiger partial charge in [-0.25, -0.2) is 0 Å². The van der Waals surface area contributed by atoms with Crippen LogP contribution >= 0.6 is 0 Å². The van der Waals surface area contributed by atoms with E-state index in [9.17, 15) is 4.79 Å². The van der Waals surface area contributed by atoms with Gasteiger partial charge in [-0.2, -0.15) is 0 Å². The lowest BCUT2D eigenvalue weighted by molar-refractivity contribution is -0.121. The van der Waals surface area contributed by atoms with Gasteiger partial charge >= 0.3 is 0 Å². The van der Waals surface area contributed by atoms with E-state index in [1.807, 2.05) is 6.92 Å². The Morgan fingerprint density at radius 3 is 2.43 bits per heavy atom. The molecule has 3 nitrogen and oxygen atoms in total. The Kier molecular flexibility index (Phi) is 4.39. The minimum atomic E-state index is 0.123. The molecule has 0 aromatic carbocycles. The molecule has 1 aliphatic carbocycles. The molecule has 2 N–H and O–H groups in total. The summed E-state index contributed by atoms with van der Waals surface area (Å²) < 4.78 is 0. The van der Waals surface area contributed by atoms with E-state index in [0.717, 1.165) is 0 Å². The molecule has 1 amide bonds. The van der Waals surface area contributed by atoms with Crippen molar-refractivity contribution in [1.82, 2.24) is 10.6 Å². The van der Waals surface area contributed by atoms with Crippen molar-refractivity contribution in [3.05, 3.63) is 0 Å². The molecule has 3 heteroatoms. The van der Waals surface area contributed by atoms with Crippen LogP contribution in [0.4, 0.5) is 0 Å². The Balaban J connectivity index is 2.08. The van der Waals surface area contributed by atoms with Crippen LogP contribution in [0.15, 0.2) is 0 Å². The maximum Gasteiger partial charge on any atom is 0.234 e. The molecule has 0 saturated heterocycles. The molecule has 0 aromatic heterocycles.